The summed E-state index contributed by atoms with van der Waals surface area (Å²) in [6.07, 6.45) is 0. The smallest absolute Gasteiger partial charge is 0.184 e. The van der Waals surface area contributed by atoms with Crippen molar-refractivity contribution >= 4 is 45.8 Å². The Balaban J connectivity index is 2.35. The van der Waals surface area contributed by atoms with Crippen molar-refractivity contribution in [1.82, 2.24) is 19.3 Å². The van der Waals surface area contributed by atoms with Crippen molar-refractivity contribution in [2.45, 2.75) is 6.92 Å². The van der Waals surface area contributed by atoms with Crippen LogP contribution in [0, 0.1) is 15.3 Å². The van der Waals surface area contributed by atoms with Crippen LogP contribution in [0.5, 0.6) is 0 Å². The first-order valence-corrected chi connectivity index (χ1v) is 6.96. The molecule has 18 heavy (non-hydrogen) atoms. The van der Waals surface area contributed by atoms with E-state index in [1.54, 1.807) is 0 Å². The maximum Gasteiger partial charge on any atom is 0.184 e. The van der Waals surface area contributed by atoms with E-state index in [1.807, 2.05) is 29.3 Å². The minimum Gasteiger partial charge on any atom is -0.330 e. The summed E-state index contributed by atoms with van der Waals surface area (Å²) in [5.41, 5.74) is 3.19. The number of aryl methyl sites for hydroxylation is 2. The Morgan fingerprint density at radius 2 is 2.11 bits per heavy atom. The van der Waals surface area contributed by atoms with Crippen LogP contribution in [0.15, 0.2) is 24.3 Å². The Labute approximate surface area is 123 Å². The minimum atomic E-state index is 0.671. The lowest BCUT2D eigenvalue weighted by molar-refractivity contribution is 0.728. The number of hydrogen-bond donors (Lipinski definition) is 1. The van der Waals surface area contributed by atoms with Gasteiger partial charge in [-0.1, -0.05) is 0 Å². The summed E-state index contributed by atoms with van der Waals surface area (Å²) in [5, 5.41) is 4.48. The molecule has 1 N–H and O–H groups in total. The van der Waals surface area contributed by atoms with Gasteiger partial charge in [0.15, 0.2) is 10.6 Å². The second-order valence-electron chi connectivity index (χ2n) is 4.19. The molecule has 0 aliphatic rings. The predicted molar refractivity (Wildman–Crippen MR) is 82.7 cm³/mol. The number of nitrogens with one attached hydrogen (secondary N) is 1. The van der Waals surface area contributed by atoms with Crippen molar-refractivity contribution in [3.05, 3.63) is 38.3 Å². The van der Waals surface area contributed by atoms with Crippen LogP contribution in [0.4, 0.5) is 0 Å². The number of benzene rings is 1. The fourth-order valence-corrected chi connectivity index (χ4v) is 2.76. The molecule has 0 atom stereocenters. The SMILES string of the molecule is Cc1cc(-n2c(=S)[nH]c3cc(I)ccc32)nn1C. The fraction of sp³-hybridized carbons (Fsp3) is 0.167. The van der Waals surface area contributed by atoms with E-state index in [2.05, 4.69) is 50.9 Å². The van der Waals surface area contributed by atoms with Gasteiger partial charge in [0, 0.05) is 22.4 Å². The van der Waals surface area contributed by atoms with Crippen LogP contribution in [0.3, 0.4) is 0 Å². The lowest BCUT2D eigenvalue weighted by atomic mass is 10.3. The van der Waals surface area contributed by atoms with Gasteiger partial charge in [0.25, 0.3) is 0 Å². The van der Waals surface area contributed by atoms with Crippen LogP contribution in [0.2, 0.25) is 0 Å². The number of imidazole rings is 1. The molecule has 3 rings (SSSR count). The molecule has 3 aromatic rings. The molecule has 4 nitrogen and oxygen atoms in total. The first-order chi connectivity index (χ1) is 8.56. The van der Waals surface area contributed by atoms with E-state index in [9.17, 15) is 0 Å². The van der Waals surface area contributed by atoms with Gasteiger partial charge in [-0.25, -0.2) is 0 Å². The average molecular weight is 370 g/mol. The highest BCUT2D eigenvalue weighted by atomic mass is 127. The topological polar surface area (TPSA) is 38.5 Å². The molecule has 0 amide bonds. The van der Waals surface area contributed by atoms with Gasteiger partial charge in [0.1, 0.15) is 0 Å². The Morgan fingerprint density at radius 3 is 2.78 bits per heavy atom. The molecular weight excluding hydrogens is 359 g/mol. The van der Waals surface area contributed by atoms with Crippen LogP contribution in [-0.2, 0) is 7.05 Å². The van der Waals surface area contributed by atoms with Gasteiger partial charge in [-0.3, -0.25) is 9.25 Å². The van der Waals surface area contributed by atoms with Gasteiger partial charge in [0.2, 0.25) is 0 Å². The molecule has 2 aromatic heterocycles. The van der Waals surface area contributed by atoms with Gasteiger partial charge in [-0.2, -0.15) is 5.10 Å². The van der Waals surface area contributed by atoms with E-state index < -0.39 is 0 Å². The quantitative estimate of drug-likeness (QED) is 0.527. The lowest BCUT2D eigenvalue weighted by Gasteiger charge is -1.99. The molecule has 0 unspecified atom stereocenters. The molecule has 0 saturated heterocycles. The normalized spacial score (nSPS) is 11.3. The number of H-pyrrole nitrogens is 1. The molecule has 6 heteroatoms. The van der Waals surface area contributed by atoms with E-state index >= 15 is 0 Å². The van der Waals surface area contributed by atoms with Crippen molar-refractivity contribution < 1.29 is 0 Å². The molecule has 0 bridgehead atoms. The second kappa shape index (κ2) is 4.20. The zero-order chi connectivity index (χ0) is 12.9. The number of halogens is 1. The molecule has 0 aliphatic carbocycles. The van der Waals surface area contributed by atoms with Gasteiger partial charge in [-0.15, -0.1) is 0 Å². The van der Waals surface area contributed by atoms with Gasteiger partial charge >= 0.3 is 0 Å². The zero-order valence-corrected chi connectivity index (χ0v) is 12.9. The summed E-state index contributed by atoms with van der Waals surface area (Å²) >= 11 is 7.68. The summed E-state index contributed by atoms with van der Waals surface area (Å²) in [5.74, 6) is 0.854. The Kier molecular flexibility index (Phi) is 2.78. The summed E-state index contributed by atoms with van der Waals surface area (Å²) in [4.78, 5) is 3.22. The third-order valence-electron chi connectivity index (χ3n) is 2.97. The maximum absolute atomic E-state index is 5.39. The first kappa shape index (κ1) is 11.9. The van der Waals surface area contributed by atoms with Crippen LogP contribution in [-0.4, -0.2) is 19.3 Å². The monoisotopic (exact) mass is 370 g/mol. The van der Waals surface area contributed by atoms with Gasteiger partial charge in [0.05, 0.1) is 11.0 Å². The molecule has 0 saturated carbocycles. The summed E-state index contributed by atoms with van der Waals surface area (Å²) in [6.45, 7) is 2.03. The minimum absolute atomic E-state index is 0.671. The number of rotatable bonds is 1. The van der Waals surface area contributed by atoms with Crippen LogP contribution in [0.25, 0.3) is 16.9 Å². The highest BCUT2D eigenvalue weighted by molar-refractivity contribution is 14.1. The Hall–Kier alpha value is -1.15. The number of aromatic amines is 1. The fourth-order valence-electron chi connectivity index (χ4n) is 1.96. The number of fused-ring (bicyclic) bond motifs is 1. The van der Waals surface area contributed by atoms with Crippen molar-refractivity contribution in [2.75, 3.05) is 0 Å². The van der Waals surface area contributed by atoms with E-state index in [4.69, 9.17) is 12.2 Å². The number of hydrogen-bond acceptors (Lipinski definition) is 2. The second-order valence-corrected chi connectivity index (χ2v) is 5.83. The third-order valence-corrected chi connectivity index (χ3v) is 3.93. The van der Waals surface area contributed by atoms with Crippen LogP contribution >= 0.6 is 34.8 Å². The van der Waals surface area contributed by atoms with Crippen molar-refractivity contribution in [1.29, 1.82) is 0 Å². The molecule has 0 fully saturated rings. The first-order valence-electron chi connectivity index (χ1n) is 5.47. The van der Waals surface area contributed by atoms with Gasteiger partial charge < -0.3 is 4.98 Å². The van der Waals surface area contributed by atoms with E-state index in [0.717, 1.165) is 22.5 Å². The van der Waals surface area contributed by atoms with Crippen molar-refractivity contribution in [2.24, 2.45) is 7.05 Å². The third kappa shape index (κ3) is 1.79. The standard InChI is InChI=1S/C12H11IN4S/c1-7-5-11(15-16(7)2)17-10-4-3-8(13)6-9(10)14-12(17)18/h3-6H,1-2H3,(H,14,18). The number of nitrogens with zero attached hydrogens (tertiary/aromatic N) is 3. The van der Waals surface area contributed by atoms with Crippen molar-refractivity contribution in [3.8, 4) is 5.82 Å². The van der Waals surface area contributed by atoms with Gasteiger partial charge in [-0.05, 0) is 59.9 Å². The largest absolute Gasteiger partial charge is 0.330 e. The molecule has 0 aliphatic heterocycles. The van der Waals surface area contributed by atoms with Crippen LogP contribution in [0.1, 0.15) is 5.69 Å². The summed E-state index contributed by atoms with van der Waals surface area (Å²) < 4.78 is 5.67. The Bertz CT molecular complexity index is 777. The van der Waals surface area contributed by atoms with Crippen molar-refractivity contribution in [3.63, 3.8) is 0 Å². The maximum atomic E-state index is 5.39. The van der Waals surface area contributed by atoms with E-state index in [1.165, 1.54) is 3.57 Å². The average Bonchev–Trinajstić information content (AvgIpc) is 2.78. The zero-order valence-electron chi connectivity index (χ0n) is 9.94. The molecule has 0 radical (unpaired) electrons. The molecular formula is C12H11IN4S. The summed E-state index contributed by atoms with van der Waals surface area (Å²) in [6, 6.07) is 8.24. The van der Waals surface area contributed by atoms with E-state index in [0.29, 0.717) is 4.77 Å². The van der Waals surface area contributed by atoms with Crippen LogP contribution < -0.4 is 0 Å². The molecule has 1 aromatic carbocycles. The molecule has 0 spiro atoms. The summed E-state index contributed by atoms with van der Waals surface area (Å²) in [7, 11) is 1.93. The predicted octanol–water partition coefficient (Wildman–Crippen LogP) is 3.33. The Morgan fingerprint density at radius 1 is 1.33 bits per heavy atom. The lowest BCUT2D eigenvalue weighted by Crippen LogP contribution is -1.97. The molecule has 92 valence electrons. The number of aromatic nitrogens is 4. The molecule has 2 heterocycles. The highest BCUT2D eigenvalue weighted by Gasteiger charge is 2.10. The highest BCUT2D eigenvalue weighted by Crippen LogP contribution is 2.21. The van der Waals surface area contributed by atoms with E-state index in [-0.39, 0.29) is 0 Å².